The largest absolute Gasteiger partial charge is 0.416 e. The van der Waals surface area contributed by atoms with Crippen LogP contribution < -0.4 is 16.0 Å². The Hall–Kier alpha value is -3.03. The first-order chi connectivity index (χ1) is 17.5. The zero-order chi connectivity index (χ0) is 27.2. The van der Waals surface area contributed by atoms with Crippen molar-refractivity contribution in [3.63, 3.8) is 0 Å². The minimum atomic E-state index is -4.44. The molecule has 204 valence electrons. The fourth-order valence-corrected chi connectivity index (χ4v) is 4.44. The number of nitrogens with one attached hydrogen (secondary N) is 1. The Bertz CT molecular complexity index is 1040. The van der Waals surface area contributed by atoms with E-state index in [9.17, 15) is 28.2 Å². The molecule has 1 aromatic heterocycles. The molecule has 2 unspecified atom stereocenters. The van der Waals surface area contributed by atoms with Crippen LogP contribution in [-0.2, 0) is 17.5 Å². The van der Waals surface area contributed by atoms with Crippen LogP contribution in [0.15, 0.2) is 30.6 Å². The molecule has 9 nitrogen and oxygen atoms in total. The van der Waals surface area contributed by atoms with Crippen LogP contribution in [0.5, 0.6) is 0 Å². The summed E-state index contributed by atoms with van der Waals surface area (Å²) in [5.74, 6) is -1.57. The molecule has 0 aliphatic carbocycles. The molecule has 1 aliphatic heterocycles. The maximum Gasteiger partial charge on any atom is 0.416 e. The lowest BCUT2D eigenvalue weighted by molar-refractivity contribution is -0.137. The topological polar surface area (TPSA) is 128 Å². The van der Waals surface area contributed by atoms with E-state index in [0.29, 0.717) is 25.1 Å². The molecule has 1 fully saturated rings. The monoisotopic (exact) mass is 528 g/mol. The van der Waals surface area contributed by atoms with Crippen LogP contribution >= 0.6 is 0 Å². The van der Waals surface area contributed by atoms with Gasteiger partial charge in [0, 0.05) is 38.7 Å². The van der Waals surface area contributed by atoms with E-state index in [0.717, 1.165) is 12.1 Å². The molecule has 1 amide bonds. The van der Waals surface area contributed by atoms with Crippen LogP contribution in [0.4, 0.5) is 29.2 Å². The number of carbonyl (C=O) groups excluding carboxylic acids is 1. The Morgan fingerprint density at radius 3 is 2.57 bits per heavy atom. The fraction of sp³-hybridized carbons (Fsp3) is 0.542. The van der Waals surface area contributed by atoms with E-state index in [-0.39, 0.29) is 50.2 Å². The number of aliphatic hydroxyl groups is 2. The number of benzene rings is 1. The van der Waals surface area contributed by atoms with Crippen molar-refractivity contribution in [3.8, 4) is 0 Å². The van der Waals surface area contributed by atoms with Crippen molar-refractivity contribution in [2.24, 2.45) is 11.7 Å². The van der Waals surface area contributed by atoms with Gasteiger partial charge in [-0.25, -0.2) is 9.97 Å². The predicted molar refractivity (Wildman–Crippen MR) is 129 cm³/mol. The Balaban J connectivity index is 1.64. The van der Waals surface area contributed by atoms with Crippen molar-refractivity contribution in [2.45, 2.75) is 44.6 Å². The third kappa shape index (κ3) is 7.27. The van der Waals surface area contributed by atoms with E-state index in [2.05, 4.69) is 15.3 Å². The van der Waals surface area contributed by atoms with Gasteiger partial charge in [-0.1, -0.05) is 12.1 Å². The number of nitrogens with two attached hydrogens (primary N) is 1. The summed E-state index contributed by atoms with van der Waals surface area (Å²) in [5.41, 5.74) is 5.22. The quantitative estimate of drug-likeness (QED) is 0.326. The molecule has 1 aromatic carbocycles. The van der Waals surface area contributed by atoms with E-state index in [1.165, 1.54) is 18.5 Å². The zero-order valence-corrected chi connectivity index (χ0v) is 20.5. The molecular weight excluding hydrogens is 496 g/mol. The summed E-state index contributed by atoms with van der Waals surface area (Å²) in [6, 6.07) is 4.00. The van der Waals surface area contributed by atoms with E-state index in [1.807, 2.05) is 0 Å². The standard InChI is InChI=1S/C24H32F4N6O3/c1-2-33(12-15-3-5-17(6-4-15)24(26,27)28)23-20(25)22(31-14-32-23)30-11-16-7-9-34(13-19(16)36)18(8-10-35)21(29)37/h3-6,14,16,18-19,35-36H,2,7-13H2,1H3,(H2,29,37)(H,30,31,32)/t16?,18?,19-/m1/s1. The molecule has 2 heterocycles. The average molecular weight is 529 g/mol. The first kappa shape index (κ1) is 28.5. The summed E-state index contributed by atoms with van der Waals surface area (Å²) in [7, 11) is 0. The molecular formula is C24H32F4N6O3. The van der Waals surface area contributed by atoms with E-state index in [1.54, 1.807) is 16.7 Å². The van der Waals surface area contributed by atoms with Crippen LogP contribution in [0.3, 0.4) is 0 Å². The van der Waals surface area contributed by atoms with Crippen molar-refractivity contribution in [1.82, 2.24) is 14.9 Å². The van der Waals surface area contributed by atoms with Gasteiger partial charge in [-0.2, -0.15) is 17.6 Å². The molecule has 13 heteroatoms. The summed E-state index contributed by atoms with van der Waals surface area (Å²) >= 11 is 0. The Morgan fingerprint density at radius 2 is 2.00 bits per heavy atom. The third-order valence-corrected chi connectivity index (χ3v) is 6.56. The lowest BCUT2D eigenvalue weighted by Crippen LogP contribution is -2.54. The molecule has 0 saturated carbocycles. The number of piperidine rings is 1. The summed E-state index contributed by atoms with van der Waals surface area (Å²) < 4.78 is 53.8. The van der Waals surface area contributed by atoms with Gasteiger partial charge < -0.3 is 26.2 Å². The smallest absolute Gasteiger partial charge is 0.396 e. The van der Waals surface area contributed by atoms with Gasteiger partial charge in [-0.15, -0.1) is 0 Å². The van der Waals surface area contributed by atoms with E-state index in [4.69, 9.17) is 5.73 Å². The van der Waals surface area contributed by atoms with Crippen LogP contribution in [0.1, 0.15) is 30.9 Å². The molecule has 0 spiro atoms. The second kappa shape index (κ2) is 12.5. The molecule has 1 saturated heterocycles. The summed E-state index contributed by atoms with van der Waals surface area (Å²) in [6.45, 7) is 2.95. The number of halogens is 4. The number of amides is 1. The maximum absolute atomic E-state index is 15.3. The molecule has 2 aromatic rings. The third-order valence-electron chi connectivity index (χ3n) is 6.56. The summed E-state index contributed by atoms with van der Waals surface area (Å²) in [5, 5.41) is 22.7. The summed E-state index contributed by atoms with van der Waals surface area (Å²) in [4.78, 5) is 23.0. The van der Waals surface area contributed by atoms with Gasteiger partial charge in [-0.05, 0) is 44.0 Å². The van der Waals surface area contributed by atoms with Crippen molar-refractivity contribution >= 4 is 17.5 Å². The highest BCUT2D eigenvalue weighted by Crippen LogP contribution is 2.30. The number of aliphatic hydroxyl groups excluding tert-OH is 2. The van der Waals surface area contributed by atoms with Gasteiger partial charge in [0.05, 0.1) is 17.7 Å². The van der Waals surface area contributed by atoms with E-state index >= 15 is 4.39 Å². The van der Waals surface area contributed by atoms with Gasteiger partial charge in [0.25, 0.3) is 0 Å². The molecule has 0 radical (unpaired) electrons. The zero-order valence-electron chi connectivity index (χ0n) is 20.5. The molecule has 1 aliphatic rings. The second-order valence-corrected chi connectivity index (χ2v) is 8.99. The van der Waals surface area contributed by atoms with Gasteiger partial charge in [0.15, 0.2) is 11.6 Å². The highest BCUT2D eigenvalue weighted by atomic mass is 19.4. The lowest BCUT2D eigenvalue weighted by Gasteiger charge is -2.39. The van der Waals surface area contributed by atoms with E-state index < -0.39 is 35.6 Å². The number of aromatic nitrogens is 2. The molecule has 5 N–H and O–H groups in total. The predicted octanol–water partition coefficient (Wildman–Crippen LogP) is 1.99. The molecule has 0 bridgehead atoms. The van der Waals surface area contributed by atoms with Crippen molar-refractivity contribution < 1.29 is 32.6 Å². The molecule has 3 atom stereocenters. The number of hydrogen-bond donors (Lipinski definition) is 4. The van der Waals surface area contributed by atoms with Crippen molar-refractivity contribution in [2.75, 3.05) is 43.0 Å². The number of alkyl halides is 3. The Labute approximate surface area is 212 Å². The van der Waals surface area contributed by atoms with Crippen molar-refractivity contribution in [3.05, 3.63) is 47.5 Å². The SMILES string of the molecule is CCN(Cc1ccc(C(F)(F)F)cc1)c1ncnc(NCC2CCN(C(CCO)C(N)=O)C[C@H]2O)c1F. The Kier molecular flexibility index (Phi) is 9.62. The number of carbonyl (C=O) groups is 1. The number of nitrogens with zero attached hydrogens (tertiary/aromatic N) is 4. The number of rotatable bonds is 11. The van der Waals surface area contributed by atoms with Crippen LogP contribution in [0.25, 0.3) is 0 Å². The highest BCUT2D eigenvalue weighted by Gasteiger charge is 2.33. The molecule has 3 rings (SSSR count). The second-order valence-electron chi connectivity index (χ2n) is 8.99. The van der Waals surface area contributed by atoms with Crippen molar-refractivity contribution in [1.29, 1.82) is 0 Å². The number of β-amino-alcohol motifs (C(OH)–C–C–N with tert-alkyl or cyclic N) is 1. The first-order valence-corrected chi connectivity index (χ1v) is 12.0. The molecule has 37 heavy (non-hydrogen) atoms. The maximum atomic E-state index is 15.3. The van der Waals surface area contributed by atoms with Gasteiger partial charge in [-0.3, -0.25) is 9.69 Å². The van der Waals surface area contributed by atoms with Crippen LogP contribution in [-0.4, -0.2) is 75.9 Å². The summed E-state index contributed by atoms with van der Waals surface area (Å²) in [6.07, 6.45) is -3.35. The fourth-order valence-electron chi connectivity index (χ4n) is 4.44. The van der Waals surface area contributed by atoms with Gasteiger partial charge in [0.1, 0.15) is 6.33 Å². The average Bonchev–Trinajstić information content (AvgIpc) is 2.85. The lowest BCUT2D eigenvalue weighted by atomic mass is 9.92. The van der Waals surface area contributed by atoms with Crippen LogP contribution in [0, 0.1) is 11.7 Å². The highest BCUT2D eigenvalue weighted by molar-refractivity contribution is 5.79. The normalized spacial score (nSPS) is 19.4. The number of primary amides is 1. The van der Waals surface area contributed by atoms with Gasteiger partial charge >= 0.3 is 6.18 Å². The number of anilines is 2. The first-order valence-electron chi connectivity index (χ1n) is 12.0. The Morgan fingerprint density at radius 1 is 1.30 bits per heavy atom. The minimum Gasteiger partial charge on any atom is -0.396 e. The van der Waals surface area contributed by atoms with Crippen LogP contribution in [0.2, 0.25) is 0 Å². The number of likely N-dealkylation sites (tertiary alicyclic amines) is 1. The number of hydrogen-bond acceptors (Lipinski definition) is 8. The minimum absolute atomic E-state index is 0.00330. The van der Waals surface area contributed by atoms with Gasteiger partial charge in [0.2, 0.25) is 11.7 Å².